The Labute approximate surface area is 97.4 Å². The molecule has 86 valence electrons. The third-order valence-electron chi connectivity index (χ3n) is 2.17. The molecule has 17 heavy (non-hydrogen) atoms. The van der Waals surface area contributed by atoms with Crippen LogP contribution in [0, 0.1) is 10.1 Å². The highest BCUT2D eigenvalue weighted by Crippen LogP contribution is 2.20. The van der Waals surface area contributed by atoms with Crippen molar-refractivity contribution < 1.29 is 4.92 Å². The molecule has 2 rings (SSSR count). The van der Waals surface area contributed by atoms with Gasteiger partial charge in [0, 0.05) is 17.7 Å². The Morgan fingerprint density at radius 2 is 2.35 bits per heavy atom. The molecule has 0 aliphatic rings. The lowest BCUT2D eigenvalue weighted by atomic mass is 10.2. The first-order chi connectivity index (χ1) is 8.20. The van der Waals surface area contributed by atoms with E-state index in [1.165, 1.54) is 12.1 Å². The quantitative estimate of drug-likeness (QED) is 0.457. The number of nitrogens with zero attached hydrogens (tertiary/aromatic N) is 4. The molecule has 0 fully saturated rings. The monoisotopic (exact) mass is 230 g/mol. The Morgan fingerprint density at radius 3 is 3.06 bits per heavy atom. The van der Waals surface area contributed by atoms with Crippen molar-refractivity contribution in [2.75, 3.05) is 0 Å². The molecule has 6 nitrogen and oxygen atoms in total. The minimum atomic E-state index is -0.440. The second kappa shape index (κ2) is 4.56. The van der Waals surface area contributed by atoms with E-state index in [9.17, 15) is 10.1 Å². The van der Waals surface area contributed by atoms with Crippen LogP contribution in [0.5, 0.6) is 0 Å². The minimum absolute atomic E-state index is 0.0302. The van der Waals surface area contributed by atoms with Crippen LogP contribution in [-0.4, -0.2) is 19.7 Å². The van der Waals surface area contributed by atoms with Crippen LogP contribution in [0.3, 0.4) is 0 Å². The molecule has 0 saturated heterocycles. The molecular weight excluding hydrogens is 220 g/mol. The summed E-state index contributed by atoms with van der Waals surface area (Å²) in [5.74, 6) is 0.468. The summed E-state index contributed by atoms with van der Waals surface area (Å²) in [6.07, 6.45) is 3.27. The molecule has 0 aliphatic carbocycles. The number of nitro benzene ring substituents is 1. The van der Waals surface area contributed by atoms with Gasteiger partial charge in [-0.05, 0) is 0 Å². The van der Waals surface area contributed by atoms with Gasteiger partial charge in [-0.1, -0.05) is 18.2 Å². The maximum atomic E-state index is 10.6. The van der Waals surface area contributed by atoms with E-state index in [2.05, 4.69) is 16.7 Å². The first-order valence-corrected chi connectivity index (χ1v) is 4.96. The van der Waals surface area contributed by atoms with Crippen LogP contribution in [0.1, 0.15) is 0 Å². The molecule has 1 aromatic heterocycles. The van der Waals surface area contributed by atoms with Gasteiger partial charge < -0.3 is 0 Å². The SMILES string of the molecule is C=CCn1cnc(-c2cccc([N+](=O)[O-])c2)n1. The predicted octanol–water partition coefficient (Wildman–Crippen LogP) is 2.04. The fourth-order valence-electron chi connectivity index (χ4n) is 1.41. The zero-order valence-electron chi connectivity index (χ0n) is 8.98. The van der Waals surface area contributed by atoms with Gasteiger partial charge in [0.2, 0.25) is 0 Å². The maximum Gasteiger partial charge on any atom is 0.270 e. The highest BCUT2D eigenvalue weighted by Gasteiger charge is 2.09. The summed E-state index contributed by atoms with van der Waals surface area (Å²) in [6.45, 7) is 4.15. The normalized spacial score (nSPS) is 10.1. The van der Waals surface area contributed by atoms with Gasteiger partial charge in [0.25, 0.3) is 5.69 Å². The number of aromatic nitrogens is 3. The number of nitro groups is 1. The van der Waals surface area contributed by atoms with Crippen LogP contribution in [0.15, 0.2) is 43.2 Å². The molecule has 0 saturated carbocycles. The van der Waals surface area contributed by atoms with Crippen molar-refractivity contribution in [3.8, 4) is 11.4 Å². The van der Waals surface area contributed by atoms with E-state index in [4.69, 9.17) is 0 Å². The Kier molecular flexibility index (Phi) is 2.95. The third kappa shape index (κ3) is 2.36. The molecule has 1 aromatic carbocycles. The first-order valence-electron chi connectivity index (χ1n) is 4.96. The molecule has 0 unspecified atom stereocenters. The summed E-state index contributed by atoms with van der Waals surface area (Å²) in [5, 5.41) is 14.8. The number of allylic oxidation sites excluding steroid dienone is 1. The highest BCUT2D eigenvalue weighted by atomic mass is 16.6. The molecule has 0 aliphatic heterocycles. The Hall–Kier alpha value is -2.50. The highest BCUT2D eigenvalue weighted by molar-refractivity contribution is 5.58. The lowest BCUT2D eigenvalue weighted by Crippen LogP contribution is -1.95. The van der Waals surface area contributed by atoms with Gasteiger partial charge in [-0.15, -0.1) is 6.58 Å². The average molecular weight is 230 g/mol. The molecule has 0 radical (unpaired) electrons. The molecule has 2 aromatic rings. The van der Waals surface area contributed by atoms with Gasteiger partial charge >= 0.3 is 0 Å². The summed E-state index contributed by atoms with van der Waals surface area (Å²) >= 11 is 0. The molecule has 1 heterocycles. The maximum absolute atomic E-state index is 10.6. The number of benzene rings is 1. The standard InChI is InChI=1S/C11H10N4O2/c1-2-6-14-8-12-11(13-14)9-4-3-5-10(7-9)15(16)17/h2-5,7-8H,1,6H2. The van der Waals surface area contributed by atoms with E-state index < -0.39 is 4.92 Å². The van der Waals surface area contributed by atoms with Crippen LogP contribution in [0.25, 0.3) is 11.4 Å². The van der Waals surface area contributed by atoms with Gasteiger partial charge in [-0.3, -0.25) is 10.1 Å². The molecule has 0 amide bonds. The van der Waals surface area contributed by atoms with Crippen molar-refractivity contribution >= 4 is 5.69 Å². The third-order valence-corrected chi connectivity index (χ3v) is 2.17. The molecule has 0 bridgehead atoms. The Bertz CT molecular complexity index is 562. The molecule has 0 atom stereocenters. The van der Waals surface area contributed by atoms with E-state index in [0.717, 1.165) is 0 Å². The number of rotatable bonds is 4. The molecule has 0 spiro atoms. The lowest BCUT2D eigenvalue weighted by Gasteiger charge is -1.95. The smallest absolute Gasteiger partial charge is 0.258 e. The van der Waals surface area contributed by atoms with E-state index in [1.807, 2.05) is 0 Å². The summed E-state index contributed by atoms with van der Waals surface area (Å²) in [4.78, 5) is 14.3. The van der Waals surface area contributed by atoms with Crippen molar-refractivity contribution in [2.24, 2.45) is 0 Å². The van der Waals surface area contributed by atoms with Gasteiger partial charge in [0.05, 0.1) is 11.5 Å². The summed E-state index contributed by atoms with van der Waals surface area (Å²) in [5.41, 5.74) is 0.657. The Morgan fingerprint density at radius 1 is 1.53 bits per heavy atom. The van der Waals surface area contributed by atoms with Gasteiger partial charge in [0.15, 0.2) is 5.82 Å². The van der Waals surface area contributed by atoms with Crippen LogP contribution in [0.4, 0.5) is 5.69 Å². The van der Waals surface area contributed by atoms with Crippen LogP contribution in [-0.2, 0) is 6.54 Å². The second-order valence-corrected chi connectivity index (χ2v) is 3.39. The number of hydrogen-bond acceptors (Lipinski definition) is 4. The van der Waals surface area contributed by atoms with E-state index in [-0.39, 0.29) is 5.69 Å². The van der Waals surface area contributed by atoms with E-state index in [1.54, 1.807) is 29.2 Å². The zero-order valence-corrected chi connectivity index (χ0v) is 8.98. The number of hydrogen-bond donors (Lipinski definition) is 0. The Balaban J connectivity index is 2.35. The number of non-ortho nitro benzene ring substituents is 1. The van der Waals surface area contributed by atoms with Crippen LogP contribution >= 0.6 is 0 Å². The summed E-state index contributed by atoms with van der Waals surface area (Å²) in [6, 6.07) is 6.24. The summed E-state index contributed by atoms with van der Waals surface area (Å²) in [7, 11) is 0. The second-order valence-electron chi connectivity index (χ2n) is 3.39. The van der Waals surface area contributed by atoms with E-state index >= 15 is 0 Å². The van der Waals surface area contributed by atoms with Gasteiger partial charge in [0.1, 0.15) is 6.33 Å². The van der Waals surface area contributed by atoms with E-state index in [0.29, 0.717) is 17.9 Å². The topological polar surface area (TPSA) is 73.8 Å². The van der Waals surface area contributed by atoms with Crippen molar-refractivity contribution in [2.45, 2.75) is 6.54 Å². The summed E-state index contributed by atoms with van der Waals surface area (Å²) < 4.78 is 1.61. The van der Waals surface area contributed by atoms with Crippen molar-refractivity contribution in [1.82, 2.24) is 14.8 Å². The fraction of sp³-hybridized carbons (Fsp3) is 0.0909. The van der Waals surface area contributed by atoms with Gasteiger partial charge in [-0.2, -0.15) is 5.10 Å². The predicted molar refractivity (Wildman–Crippen MR) is 62.3 cm³/mol. The first kappa shape index (κ1) is 11.0. The minimum Gasteiger partial charge on any atom is -0.258 e. The molecular formula is C11H10N4O2. The fourth-order valence-corrected chi connectivity index (χ4v) is 1.41. The van der Waals surface area contributed by atoms with Crippen LogP contribution in [0.2, 0.25) is 0 Å². The largest absolute Gasteiger partial charge is 0.270 e. The van der Waals surface area contributed by atoms with Crippen molar-refractivity contribution in [3.05, 3.63) is 53.4 Å². The molecule has 6 heteroatoms. The average Bonchev–Trinajstić information content (AvgIpc) is 2.78. The van der Waals surface area contributed by atoms with Gasteiger partial charge in [-0.25, -0.2) is 9.67 Å². The zero-order chi connectivity index (χ0) is 12.3. The van der Waals surface area contributed by atoms with Crippen LogP contribution < -0.4 is 0 Å². The molecule has 0 N–H and O–H groups in total. The lowest BCUT2D eigenvalue weighted by molar-refractivity contribution is -0.384. The van der Waals surface area contributed by atoms with Crippen molar-refractivity contribution in [1.29, 1.82) is 0 Å². The van der Waals surface area contributed by atoms with Crippen molar-refractivity contribution in [3.63, 3.8) is 0 Å².